The van der Waals surface area contributed by atoms with E-state index in [9.17, 15) is 4.79 Å². The lowest BCUT2D eigenvalue weighted by atomic mass is 10.2. The molecule has 0 saturated heterocycles. The smallest absolute Gasteiger partial charge is 0.261 e. The van der Waals surface area contributed by atoms with Gasteiger partial charge in [0.1, 0.15) is 0 Å². The third kappa shape index (κ3) is 3.31. The van der Waals surface area contributed by atoms with Crippen molar-refractivity contribution in [1.82, 2.24) is 15.0 Å². The number of hydrogen-bond donors (Lipinski definition) is 3. The molecule has 0 spiro atoms. The fourth-order valence-corrected chi connectivity index (χ4v) is 1.66. The zero-order valence-electron chi connectivity index (χ0n) is 11.0. The van der Waals surface area contributed by atoms with Crippen LogP contribution in [-0.4, -0.2) is 27.4 Å². The number of carbonyl (C=O) groups excluding carboxylic acids is 1. The van der Waals surface area contributed by atoms with Crippen molar-refractivity contribution in [3.8, 4) is 0 Å². The molecule has 6 nitrogen and oxygen atoms in total. The van der Waals surface area contributed by atoms with E-state index in [4.69, 9.17) is 0 Å². The van der Waals surface area contributed by atoms with E-state index in [1.165, 1.54) is 0 Å². The molecule has 0 aliphatic carbocycles. The summed E-state index contributed by atoms with van der Waals surface area (Å²) in [6, 6.07) is 1.87. The third-order valence-corrected chi connectivity index (χ3v) is 2.58. The fraction of sp³-hybridized carbons (Fsp3) is 0.308. The van der Waals surface area contributed by atoms with Gasteiger partial charge >= 0.3 is 0 Å². The van der Waals surface area contributed by atoms with Gasteiger partial charge in [-0.1, -0.05) is 6.92 Å². The van der Waals surface area contributed by atoms with Gasteiger partial charge in [0.15, 0.2) is 0 Å². The number of imidazole rings is 1. The predicted octanol–water partition coefficient (Wildman–Crippen LogP) is 2.19. The lowest BCUT2D eigenvalue weighted by molar-refractivity contribution is 0.102. The minimum atomic E-state index is -0.235. The van der Waals surface area contributed by atoms with Gasteiger partial charge in [0.25, 0.3) is 5.91 Å². The Kier molecular flexibility index (Phi) is 4.12. The first kappa shape index (κ1) is 13.1. The molecule has 2 heterocycles. The van der Waals surface area contributed by atoms with Crippen LogP contribution in [0.25, 0.3) is 0 Å². The van der Waals surface area contributed by atoms with Gasteiger partial charge in [-0.15, -0.1) is 0 Å². The SMILES string of the molecule is CCCNc1cc(C)ncc1C(=O)Nc1ncc[nH]1. The molecule has 0 bridgehead atoms. The summed E-state index contributed by atoms with van der Waals surface area (Å²) in [6.45, 7) is 4.78. The molecular weight excluding hydrogens is 242 g/mol. The molecule has 3 N–H and O–H groups in total. The van der Waals surface area contributed by atoms with Crippen LogP contribution in [0.2, 0.25) is 0 Å². The topological polar surface area (TPSA) is 82.7 Å². The van der Waals surface area contributed by atoms with Gasteiger partial charge in [-0.05, 0) is 19.4 Å². The molecule has 2 aromatic heterocycles. The largest absolute Gasteiger partial charge is 0.384 e. The van der Waals surface area contributed by atoms with Gasteiger partial charge in [-0.25, -0.2) is 4.98 Å². The first-order valence-electron chi connectivity index (χ1n) is 6.22. The summed E-state index contributed by atoms with van der Waals surface area (Å²) in [5.41, 5.74) is 2.17. The minimum absolute atomic E-state index is 0.235. The number of nitrogens with one attached hydrogen (secondary N) is 3. The summed E-state index contributed by atoms with van der Waals surface area (Å²) in [5.74, 6) is 0.188. The fourth-order valence-electron chi connectivity index (χ4n) is 1.66. The van der Waals surface area contributed by atoms with Crippen LogP contribution >= 0.6 is 0 Å². The number of aryl methyl sites for hydroxylation is 1. The first-order chi connectivity index (χ1) is 9.20. The van der Waals surface area contributed by atoms with Gasteiger partial charge < -0.3 is 10.3 Å². The molecular formula is C13H17N5O. The summed E-state index contributed by atoms with van der Waals surface area (Å²) >= 11 is 0. The van der Waals surface area contributed by atoms with E-state index in [-0.39, 0.29) is 5.91 Å². The quantitative estimate of drug-likeness (QED) is 0.768. The molecule has 0 unspecified atom stereocenters. The van der Waals surface area contributed by atoms with Gasteiger partial charge in [-0.3, -0.25) is 15.1 Å². The molecule has 0 aliphatic rings. The number of amides is 1. The number of aromatic amines is 1. The van der Waals surface area contributed by atoms with Crippen molar-refractivity contribution in [2.45, 2.75) is 20.3 Å². The second kappa shape index (κ2) is 5.99. The highest BCUT2D eigenvalue weighted by molar-refractivity contribution is 6.07. The van der Waals surface area contributed by atoms with Crippen LogP contribution in [0.5, 0.6) is 0 Å². The molecule has 0 saturated carbocycles. The van der Waals surface area contributed by atoms with Crippen molar-refractivity contribution in [1.29, 1.82) is 0 Å². The lowest BCUT2D eigenvalue weighted by Crippen LogP contribution is -2.16. The van der Waals surface area contributed by atoms with Crippen LogP contribution in [0.3, 0.4) is 0 Å². The zero-order chi connectivity index (χ0) is 13.7. The normalized spacial score (nSPS) is 10.2. The van der Waals surface area contributed by atoms with Crippen LogP contribution in [-0.2, 0) is 0 Å². The Morgan fingerprint density at radius 3 is 2.95 bits per heavy atom. The van der Waals surface area contributed by atoms with E-state index in [1.807, 2.05) is 13.0 Å². The minimum Gasteiger partial charge on any atom is -0.384 e. The first-order valence-corrected chi connectivity index (χ1v) is 6.22. The number of hydrogen-bond acceptors (Lipinski definition) is 4. The second-order valence-corrected chi connectivity index (χ2v) is 4.19. The van der Waals surface area contributed by atoms with Gasteiger partial charge in [0, 0.05) is 30.8 Å². The van der Waals surface area contributed by atoms with E-state index in [0.29, 0.717) is 11.5 Å². The predicted molar refractivity (Wildman–Crippen MR) is 74.3 cm³/mol. The van der Waals surface area contributed by atoms with Gasteiger partial charge in [0.05, 0.1) is 11.3 Å². The van der Waals surface area contributed by atoms with Gasteiger partial charge in [0.2, 0.25) is 5.95 Å². The molecule has 2 aromatic rings. The number of H-pyrrole nitrogens is 1. The Bertz CT molecular complexity index is 550. The number of nitrogens with zero attached hydrogens (tertiary/aromatic N) is 2. The van der Waals surface area contributed by atoms with Crippen LogP contribution in [0.1, 0.15) is 29.4 Å². The number of pyridine rings is 1. The summed E-state index contributed by atoms with van der Waals surface area (Å²) in [6.07, 6.45) is 5.80. The van der Waals surface area contributed by atoms with Crippen LogP contribution < -0.4 is 10.6 Å². The van der Waals surface area contributed by atoms with Crippen molar-refractivity contribution >= 4 is 17.5 Å². The van der Waals surface area contributed by atoms with E-state index < -0.39 is 0 Å². The van der Waals surface area contributed by atoms with Crippen molar-refractivity contribution in [2.24, 2.45) is 0 Å². The summed E-state index contributed by atoms with van der Waals surface area (Å²) in [5, 5.41) is 5.92. The van der Waals surface area contributed by atoms with Crippen molar-refractivity contribution in [3.63, 3.8) is 0 Å². The van der Waals surface area contributed by atoms with E-state index >= 15 is 0 Å². The van der Waals surface area contributed by atoms with Crippen molar-refractivity contribution < 1.29 is 4.79 Å². The molecule has 2 rings (SSSR count). The Morgan fingerprint density at radius 1 is 1.42 bits per heavy atom. The maximum Gasteiger partial charge on any atom is 0.261 e. The summed E-state index contributed by atoms with van der Waals surface area (Å²) in [4.78, 5) is 23.1. The molecule has 0 radical (unpaired) electrons. The monoisotopic (exact) mass is 259 g/mol. The lowest BCUT2D eigenvalue weighted by Gasteiger charge is -2.11. The summed E-state index contributed by atoms with van der Waals surface area (Å²) < 4.78 is 0. The van der Waals surface area contributed by atoms with Crippen molar-refractivity contribution in [2.75, 3.05) is 17.2 Å². The highest BCUT2D eigenvalue weighted by Crippen LogP contribution is 2.17. The standard InChI is InChI=1S/C13H17N5O/c1-3-4-14-11-7-9(2)17-8-10(11)12(19)18-13-15-5-6-16-13/h5-8H,3-4H2,1-2H3,(H,14,17)(H2,15,16,18,19). The number of aromatic nitrogens is 3. The number of rotatable bonds is 5. The second-order valence-electron chi connectivity index (χ2n) is 4.19. The van der Waals surface area contributed by atoms with Crippen molar-refractivity contribution in [3.05, 3.63) is 35.9 Å². The maximum atomic E-state index is 12.2. The Hall–Kier alpha value is -2.37. The molecule has 0 aromatic carbocycles. The molecule has 0 atom stereocenters. The molecule has 0 fully saturated rings. The molecule has 6 heteroatoms. The Balaban J connectivity index is 2.20. The van der Waals surface area contributed by atoms with Gasteiger partial charge in [-0.2, -0.15) is 0 Å². The van der Waals surface area contributed by atoms with Crippen LogP contribution in [0, 0.1) is 6.92 Å². The molecule has 100 valence electrons. The zero-order valence-corrected chi connectivity index (χ0v) is 11.0. The van der Waals surface area contributed by atoms with E-state index in [0.717, 1.165) is 24.3 Å². The molecule has 19 heavy (non-hydrogen) atoms. The summed E-state index contributed by atoms with van der Waals surface area (Å²) in [7, 11) is 0. The maximum absolute atomic E-state index is 12.2. The highest BCUT2D eigenvalue weighted by Gasteiger charge is 2.13. The Morgan fingerprint density at radius 2 is 2.26 bits per heavy atom. The number of carbonyl (C=O) groups is 1. The van der Waals surface area contributed by atoms with Crippen LogP contribution in [0.15, 0.2) is 24.7 Å². The van der Waals surface area contributed by atoms with E-state index in [1.54, 1.807) is 18.6 Å². The third-order valence-electron chi connectivity index (χ3n) is 2.58. The molecule has 1 amide bonds. The average molecular weight is 259 g/mol. The molecule has 0 aliphatic heterocycles. The highest BCUT2D eigenvalue weighted by atomic mass is 16.1. The van der Waals surface area contributed by atoms with Crippen LogP contribution in [0.4, 0.5) is 11.6 Å². The average Bonchev–Trinajstić information content (AvgIpc) is 2.89. The Labute approximate surface area is 111 Å². The number of anilines is 2. The van der Waals surface area contributed by atoms with E-state index in [2.05, 4.69) is 32.5 Å².